The van der Waals surface area contributed by atoms with Crippen molar-refractivity contribution < 1.29 is 34.0 Å². The molecule has 13 nitrogen and oxygen atoms in total. The molecule has 2 aliphatic heterocycles. The number of fused-ring (bicyclic) bond motifs is 1. The third kappa shape index (κ3) is 3.85. The number of nitrogens with one attached hydrogen (secondary N) is 1. The second-order valence-corrected chi connectivity index (χ2v) is 7.60. The van der Waals surface area contributed by atoms with E-state index < -0.39 is 51.6 Å². The molecular weight excluding hydrogens is 434 g/mol. The molecule has 2 aliphatic rings. The van der Waals surface area contributed by atoms with E-state index in [2.05, 4.69) is 5.32 Å². The molecule has 0 aromatic heterocycles. The number of nitro groups is 1. The fourth-order valence-electron chi connectivity index (χ4n) is 3.03. The van der Waals surface area contributed by atoms with Gasteiger partial charge in [0, 0.05) is 30.4 Å². The Morgan fingerprint density at radius 2 is 1.90 bits per heavy atom. The summed E-state index contributed by atoms with van der Waals surface area (Å²) < 4.78 is 0. The van der Waals surface area contributed by atoms with E-state index in [1.54, 1.807) is 0 Å². The Bertz CT molecular complexity index is 1050. The number of hydrogen-bond acceptors (Lipinski definition) is 9. The van der Waals surface area contributed by atoms with Crippen LogP contribution < -0.4 is 11.2 Å². The van der Waals surface area contributed by atoms with Crippen molar-refractivity contribution in [2.45, 2.75) is 18.3 Å². The normalized spacial score (nSPS) is 19.8. The standard InChI is InChI=1S/C17H15N5O8S/c1-7(23)21(18)14(25)10-6-31-16-11(15(26)20(16)12(10)17(27)28)19-13(24)8-2-4-9(5-3-8)22(29)30/h2-5,11,16H,6,18H2,1H3,(H,19,24)(H,27,28)/t11?,16-/m1/s1. The third-order valence-electron chi connectivity index (χ3n) is 4.61. The molecule has 4 N–H and O–H groups in total. The van der Waals surface area contributed by atoms with Crippen LogP contribution in [0.4, 0.5) is 5.69 Å². The number of nitrogens with two attached hydrogens (primary N) is 1. The van der Waals surface area contributed by atoms with Gasteiger partial charge in [-0.05, 0) is 12.1 Å². The summed E-state index contributed by atoms with van der Waals surface area (Å²) in [6.45, 7) is 1.02. The van der Waals surface area contributed by atoms with Crippen molar-refractivity contribution in [1.82, 2.24) is 15.2 Å². The number of aliphatic carboxylic acids is 1. The second-order valence-electron chi connectivity index (χ2n) is 6.49. The van der Waals surface area contributed by atoms with Crippen LogP contribution in [0.25, 0.3) is 0 Å². The molecule has 1 aromatic rings. The molecule has 162 valence electrons. The maximum absolute atomic E-state index is 12.6. The smallest absolute Gasteiger partial charge is 0.353 e. The van der Waals surface area contributed by atoms with E-state index in [1.165, 1.54) is 12.1 Å². The molecule has 14 heteroatoms. The highest BCUT2D eigenvalue weighted by Gasteiger charge is 2.55. The van der Waals surface area contributed by atoms with Crippen molar-refractivity contribution in [3.63, 3.8) is 0 Å². The van der Waals surface area contributed by atoms with Gasteiger partial charge in [-0.25, -0.2) is 15.6 Å². The van der Waals surface area contributed by atoms with E-state index in [0.717, 1.165) is 35.7 Å². The van der Waals surface area contributed by atoms with Gasteiger partial charge in [-0.1, -0.05) is 0 Å². The number of carboxylic acid groups (broad SMARTS) is 1. The van der Waals surface area contributed by atoms with Gasteiger partial charge in [0.05, 0.1) is 10.5 Å². The zero-order chi connectivity index (χ0) is 23.0. The molecule has 0 bridgehead atoms. The van der Waals surface area contributed by atoms with Gasteiger partial charge in [0.25, 0.3) is 23.4 Å². The number of hydrazine groups is 1. The Morgan fingerprint density at radius 3 is 2.42 bits per heavy atom. The topological polar surface area (TPSA) is 193 Å². The van der Waals surface area contributed by atoms with Crippen LogP contribution >= 0.6 is 11.8 Å². The largest absolute Gasteiger partial charge is 0.477 e. The second kappa shape index (κ2) is 8.16. The minimum absolute atomic E-state index is 0.0720. The summed E-state index contributed by atoms with van der Waals surface area (Å²) in [5.74, 6) is 0.369. The lowest BCUT2D eigenvalue weighted by Crippen LogP contribution is -2.71. The van der Waals surface area contributed by atoms with Crippen LogP contribution in [0.3, 0.4) is 0 Å². The molecule has 0 saturated carbocycles. The lowest BCUT2D eigenvalue weighted by molar-refractivity contribution is -0.384. The number of non-ortho nitro benzene ring substituents is 1. The number of carbonyl (C=O) groups is 5. The van der Waals surface area contributed by atoms with Crippen molar-refractivity contribution in [3.05, 3.63) is 51.2 Å². The Morgan fingerprint density at radius 1 is 1.29 bits per heavy atom. The van der Waals surface area contributed by atoms with E-state index in [9.17, 15) is 39.2 Å². The lowest BCUT2D eigenvalue weighted by Gasteiger charge is -2.49. The number of hydrogen-bond donors (Lipinski definition) is 3. The zero-order valence-electron chi connectivity index (χ0n) is 15.8. The van der Waals surface area contributed by atoms with Crippen molar-refractivity contribution in [1.29, 1.82) is 0 Å². The minimum atomic E-state index is -1.56. The monoisotopic (exact) mass is 449 g/mol. The van der Waals surface area contributed by atoms with Gasteiger partial charge in [0.2, 0.25) is 5.91 Å². The van der Waals surface area contributed by atoms with E-state index in [4.69, 9.17) is 5.84 Å². The Balaban J connectivity index is 1.80. The summed E-state index contributed by atoms with van der Waals surface area (Å²) in [6.07, 6.45) is 0. The maximum Gasteiger partial charge on any atom is 0.353 e. The van der Waals surface area contributed by atoms with Crippen molar-refractivity contribution in [2.75, 3.05) is 5.75 Å². The maximum atomic E-state index is 12.6. The number of β-lactam (4-membered cyclic amide) rings is 1. The number of nitro benzene ring substituents is 1. The van der Waals surface area contributed by atoms with E-state index >= 15 is 0 Å². The molecule has 0 aliphatic carbocycles. The van der Waals surface area contributed by atoms with Crippen molar-refractivity contribution in [3.8, 4) is 0 Å². The van der Waals surface area contributed by atoms with Crippen LogP contribution in [-0.2, 0) is 19.2 Å². The molecule has 0 radical (unpaired) electrons. The molecule has 0 spiro atoms. The van der Waals surface area contributed by atoms with Gasteiger partial charge in [0.1, 0.15) is 17.1 Å². The highest BCUT2D eigenvalue weighted by Crippen LogP contribution is 2.40. The van der Waals surface area contributed by atoms with Gasteiger partial charge in [-0.3, -0.25) is 34.2 Å². The molecular formula is C17H15N5O8S. The highest BCUT2D eigenvalue weighted by atomic mass is 32.2. The molecule has 3 rings (SSSR count). The van der Waals surface area contributed by atoms with E-state index in [0.29, 0.717) is 0 Å². The molecule has 2 atom stereocenters. The summed E-state index contributed by atoms with van der Waals surface area (Å²) in [4.78, 5) is 71.3. The van der Waals surface area contributed by atoms with E-state index in [-0.39, 0.29) is 27.6 Å². The average molecular weight is 449 g/mol. The van der Waals surface area contributed by atoms with Crippen LogP contribution in [0.15, 0.2) is 35.5 Å². The third-order valence-corrected chi connectivity index (χ3v) is 5.89. The van der Waals surface area contributed by atoms with Gasteiger partial charge in [0.15, 0.2) is 0 Å². The summed E-state index contributed by atoms with van der Waals surface area (Å²) in [7, 11) is 0. The lowest BCUT2D eigenvalue weighted by atomic mass is 10.0. The Kier molecular flexibility index (Phi) is 5.77. The van der Waals surface area contributed by atoms with Crippen molar-refractivity contribution in [2.24, 2.45) is 5.84 Å². The fourth-order valence-corrected chi connectivity index (χ4v) is 4.36. The summed E-state index contributed by atoms with van der Waals surface area (Å²) in [5, 5.41) is 22.2. The first kappa shape index (κ1) is 21.9. The number of rotatable bonds is 5. The number of carbonyl (C=O) groups excluding carboxylic acids is 4. The SMILES string of the molecule is CC(=O)N(N)C(=O)C1=C(C(=O)O)N2C(=O)C(NC(=O)c3ccc([N+](=O)[O-])cc3)[C@H]2SC1. The minimum Gasteiger partial charge on any atom is -0.477 e. The number of nitrogens with zero attached hydrogens (tertiary/aromatic N) is 3. The molecule has 1 saturated heterocycles. The molecule has 1 aromatic carbocycles. The Hall–Kier alpha value is -3.78. The molecule has 31 heavy (non-hydrogen) atoms. The molecule has 1 fully saturated rings. The zero-order valence-corrected chi connectivity index (χ0v) is 16.6. The highest BCUT2D eigenvalue weighted by molar-refractivity contribution is 8.00. The first-order chi connectivity index (χ1) is 14.5. The first-order valence-corrected chi connectivity index (χ1v) is 9.65. The number of amides is 4. The summed E-state index contributed by atoms with van der Waals surface area (Å²) in [5.41, 5.74) is -1.06. The van der Waals surface area contributed by atoms with Crippen LogP contribution in [-0.4, -0.2) is 66.7 Å². The molecule has 1 unspecified atom stereocenters. The number of benzene rings is 1. The number of imide groups is 1. The van der Waals surface area contributed by atoms with E-state index in [1.807, 2.05) is 0 Å². The average Bonchev–Trinajstić information content (AvgIpc) is 2.74. The Labute approximate surface area is 178 Å². The van der Waals surface area contributed by atoms with Gasteiger partial charge in [-0.2, -0.15) is 0 Å². The van der Waals surface area contributed by atoms with Gasteiger partial charge >= 0.3 is 5.97 Å². The number of thioether (sulfide) groups is 1. The van der Waals surface area contributed by atoms with Gasteiger partial charge in [-0.15, -0.1) is 11.8 Å². The van der Waals surface area contributed by atoms with Crippen LogP contribution in [0, 0.1) is 10.1 Å². The predicted octanol–water partition coefficient (Wildman–Crippen LogP) is -0.804. The van der Waals surface area contributed by atoms with Crippen LogP contribution in [0.5, 0.6) is 0 Å². The predicted molar refractivity (Wildman–Crippen MR) is 104 cm³/mol. The number of carboxylic acids is 1. The molecule has 2 heterocycles. The van der Waals surface area contributed by atoms with Crippen LogP contribution in [0.1, 0.15) is 17.3 Å². The summed E-state index contributed by atoms with van der Waals surface area (Å²) >= 11 is 1.02. The fraction of sp³-hybridized carbons (Fsp3) is 0.235. The van der Waals surface area contributed by atoms with Crippen molar-refractivity contribution >= 4 is 47.0 Å². The molecule has 4 amide bonds. The first-order valence-electron chi connectivity index (χ1n) is 8.60. The van der Waals surface area contributed by atoms with Gasteiger partial charge < -0.3 is 10.4 Å². The summed E-state index contributed by atoms with van der Waals surface area (Å²) in [6, 6.07) is 3.64. The van der Waals surface area contributed by atoms with Crippen LogP contribution in [0.2, 0.25) is 0 Å². The quantitative estimate of drug-likeness (QED) is 0.168.